The van der Waals surface area contributed by atoms with Crippen LogP contribution in [0.5, 0.6) is 0 Å². The van der Waals surface area contributed by atoms with Crippen LogP contribution >= 0.6 is 11.3 Å². The summed E-state index contributed by atoms with van der Waals surface area (Å²) in [6.07, 6.45) is 1.01. The van der Waals surface area contributed by atoms with Crippen molar-refractivity contribution in [1.29, 1.82) is 0 Å². The quantitative estimate of drug-likeness (QED) is 0.704. The fourth-order valence-corrected chi connectivity index (χ4v) is 2.00. The van der Waals surface area contributed by atoms with Crippen LogP contribution in [0, 0.1) is 6.92 Å². The average molecular weight is 227 g/mol. The zero-order valence-corrected chi connectivity index (χ0v) is 9.99. The van der Waals surface area contributed by atoms with Gasteiger partial charge in [0.1, 0.15) is 0 Å². The molecule has 1 heterocycles. The van der Waals surface area contributed by atoms with Crippen molar-refractivity contribution in [3.63, 3.8) is 0 Å². The Labute approximate surface area is 94.1 Å². The second kappa shape index (κ2) is 6.53. The molecule has 0 aliphatic rings. The predicted molar refractivity (Wildman–Crippen MR) is 62.1 cm³/mol. The summed E-state index contributed by atoms with van der Waals surface area (Å²) in [5.74, 6) is 0.0232. The topological polar surface area (TPSA) is 54.0 Å². The Hall–Kier alpha value is -0.940. The monoisotopic (exact) mass is 227 g/mol. The molecule has 0 aromatic carbocycles. The zero-order chi connectivity index (χ0) is 11.1. The van der Waals surface area contributed by atoms with E-state index in [0.29, 0.717) is 6.54 Å². The van der Waals surface area contributed by atoms with Crippen molar-refractivity contribution in [2.75, 3.05) is 19.6 Å². The van der Waals surface area contributed by atoms with Gasteiger partial charge in [-0.05, 0) is 13.3 Å². The first kappa shape index (κ1) is 12.1. The summed E-state index contributed by atoms with van der Waals surface area (Å²) in [7, 11) is 0. The minimum atomic E-state index is 0.0232. The Balaban J connectivity index is 2.03. The Bertz CT molecular complexity index is 311. The van der Waals surface area contributed by atoms with Crippen molar-refractivity contribution in [1.82, 2.24) is 15.6 Å². The number of amides is 1. The number of rotatable bonds is 6. The molecule has 4 nitrogen and oxygen atoms in total. The summed E-state index contributed by atoms with van der Waals surface area (Å²) in [5.41, 5.74) is 3.01. The maximum Gasteiger partial charge on any atom is 0.216 e. The van der Waals surface area contributed by atoms with Crippen LogP contribution < -0.4 is 10.6 Å². The first-order valence-corrected chi connectivity index (χ1v) is 5.92. The van der Waals surface area contributed by atoms with Gasteiger partial charge in [-0.2, -0.15) is 0 Å². The van der Waals surface area contributed by atoms with Gasteiger partial charge >= 0.3 is 0 Å². The van der Waals surface area contributed by atoms with E-state index in [0.717, 1.165) is 25.2 Å². The molecule has 5 heteroatoms. The molecule has 1 aromatic rings. The first-order chi connectivity index (χ1) is 7.20. The van der Waals surface area contributed by atoms with E-state index in [1.807, 2.05) is 12.4 Å². The lowest BCUT2D eigenvalue weighted by Crippen LogP contribution is -2.31. The van der Waals surface area contributed by atoms with Crippen LogP contribution in [-0.4, -0.2) is 30.5 Å². The van der Waals surface area contributed by atoms with Crippen LogP contribution in [-0.2, 0) is 11.2 Å². The molecular weight excluding hydrogens is 210 g/mol. The largest absolute Gasteiger partial charge is 0.355 e. The summed E-state index contributed by atoms with van der Waals surface area (Å²) in [6.45, 7) is 6.00. The number of carbonyl (C=O) groups is 1. The van der Waals surface area contributed by atoms with Crippen LogP contribution in [0.15, 0.2) is 5.51 Å². The number of thiazole rings is 1. The highest BCUT2D eigenvalue weighted by atomic mass is 32.1. The normalized spacial score (nSPS) is 10.3. The lowest BCUT2D eigenvalue weighted by Gasteiger charge is -2.04. The van der Waals surface area contributed by atoms with Crippen molar-refractivity contribution >= 4 is 17.2 Å². The molecule has 0 atom stereocenters. The molecule has 0 radical (unpaired) electrons. The number of carbonyl (C=O) groups excluding carboxylic acids is 1. The van der Waals surface area contributed by atoms with E-state index in [1.165, 1.54) is 11.8 Å². The number of hydrogen-bond acceptors (Lipinski definition) is 4. The first-order valence-electron chi connectivity index (χ1n) is 5.04. The second-order valence-electron chi connectivity index (χ2n) is 3.34. The smallest absolute Gasteiger partial charge is 0.216 e. The Kier molecular flexibility index (Phi) is 5.28. The van der Waals surface area contributed by atoms with Gasteiger partial charge < -0.3 is 10.6 Å². The van der Waals surface area contributed by atoms with Gasteiger partial charge in [0.05, 0.1) is 11.2 Å². The lowest BCUT2D eigenvalue weighted by molar-refractivity contribution is -0.118. The third kappa shape index (κ3) is 4.90. The van der Waals surface area contributed by atoms with E-state index in [2.05, 4.69) is 15.6 Å². The summed E-state index contributed by atoms with van der Waals surface area (Å²) in [5, 5.41) is 6.01. The van der Waals surface area contributed by atoms with Crippen LogP contribution in [0.3, 0.4) is 0 Å². The number of hydrogen-bond donors (Lipinski definition) is 2. The highest BCUT2D eigenvalue weighted by Gasteiger charge is 1.99. The fraction of sp³-hybridized carbons (Fsp3) is 0.600. The molecule has 0 fully saturated rings. The van der Waals surface area contributed by atoms with E-state index in [-0.39, 0.29) is 5.91 Å². The molecule has 2 N–H and O–H groups in total. The number of aryl methyl sites for hydroxylation is 1. The molecular formula is C10H17N3OS. The van der Waals surface area contributed by atoms with Gasteiger partial charge in [-0.25, -0.2) is 4.98 Å². The Morgan fingerprint density at radius 1 is 1.47 bits per heavy atom. The summed E-state index contributed by atoms with van der Waals surface area (Å²) < 4.78 is 0. The van der Waals surface area contributed by atoms with E-state index in [4.69, 9.17) is 0 Å². The van der Waals surface area contributed by atoms with E-state index < -0.39 is 0 Å². The second-order valence-corrected chi connectivity index (χ2v) is 4.28. The molecule has 1 amide bonds. The maximum atomic E-state index is 10.6. The van der Waals surface area contributed by atoms with Gasteiger partial charge in [0.2, 0.25) is 5.91 Å². The highest BCUT2D eigenvalue weighted by Crippen LogP contribution is 2.11. The van der Waals surface area contributed by atoms with Crippen LogP contribution in [0.1, 0.15) is 17.5 Å². The van der Waals surface area contributed by atoms with E-state index in [1.54, 1.807) is 11.3 Å². The van der Waals surface area contributed by atoms with Gasteiger partial charge in [-0.3, -0.25) is 4.79 Å². The molecule has 1 aromatic heterocycles. The van der Waals surface area contributed by atoms with Crippen LogP contribution in [0.2, 0.25) is 0 Å². The number of nitrogens with zero attached hydrogens (tertiary/aromatic N) is 1. The third-order valence-electron chi connectivity index (χ3n) is 2.05. The molecule has 0 spiro atoms. The van der Waals surface area contributed by atoms with Crippen molar-refractivity contribution in [2.45, 2.75) is 20.3 Å². The lowest BCUT2D eigenvalue weighted by atomic mass is 10.3. The highest BCUT2D eigenvalue weighted by molar-refractivity contribution is 7.09. The zero-order valence-electron chi connectivity index (χ0n) is 9.17. The Morgan fingerprint density at radius 2 is 2.27 bits per heavy atom. The third-order valence-corrected chi connectivity index (χ3v) is 3.04. The molecule has 0 aliphatic carbocycles. The molecule has 0 unspecified atom stereocenters. The number of nitrogens with one attached hydrogen (secondary N) is 2. The van der Waals surface area contributed by atoms with Gasteiger partial charge in [0.25, 0.3) is 0 Å². The van der Waals surface area contributed by atoms with Gasteiger partial charge in [0, 0.05) is 31.4 Å². The van der Waals surface area contributed by atoms with Gasteiger partial charge in [-0.1, -0.05) is 0 Å². The number of aromatic nitrogens is 1. The van der Waals surface area contributed by atoms with Crippen molar-refractivity contribution in [2.24, 2.45) is 0 Å². The predicted octanol–water partition coefficient (Wildman–Crippen LogP) is 0.720. The molecule has 15 heavy (non-hydrogen) atoms. The molecule has 0 bridgehead atoms. The SMILES string of the molecule is CC(=O)NCCNCCc1scnc1C. The van der Waals surface area contributed by atoms with Crippen molar-refractivity contribution in [3.05, 3.63) is 16.1 Å². The summed E-state index contributed by atoms with van der Waals surface area (Å²) >= 11 is 1.70. The van der Waals surface area contributed by atoms with Crippen molar-refractivity contribution in [3.8, 4) is 0 Å². The van der Waals surface area contributed by atoms with Gasteiger partial charge in [-0.15, -0.1) is 11.3 Å². The molecule has 1 rings (SSSR count). The van der Waals surface area contributed by atoms with Crippen molar-refractivity contribution < 1.29 is 4.79 Å². The molecule has 0 saturated heterocycles. The Morgan fingerprint density at radius 3 is 2.87 bits per heavy atom. The minimum absolute atomic E-state index is 0.0232. The molecule has 0 saturated carbocycles. The maximum absolute atomic E-state index is 10.6. The fourth-order valence-electron chi connectivity index (χ4n) is 1.22. The van der Waals surface area contributed by atoms with E-state index in [9.17, 15) is 4.79 Å². The van der Waals surface area contributed by atoms with Gasteiger partial charge in [0.15, 0.2) is 0 Å². The summed E-state index contributed by atoms with van der Waals surface area (Å²) in [4.78, 5) is 16.1. The molecule has 0 aliphatic heterocycles. The molecule has 84 valence electrons. The average Bonchev–Trinajstić information content (AvgIpc) is 2.57. The standard InChI is InChI=1S/C10H17N3OS/c1-8-10(15-7-13-8)3-4-11-5-6-12-9(2)14/h7,11H,3-6H2,1-2H3,(H,12,14). The summed E-state index contributed by atoms with van der Waals surface area (Å²) in [6, 6.07) is 0. The van der Waals surface area contributed by atoms with Crippen LogP contribution in [0.25, 0.3) is 0 Å². The van der Waals surface area contributed by atoms with Crippen LogP contribution in [0.4, 0.5) is 0 Å². The van der Waals surface area contributed by atoms with E-state index >= 15 is 0 Å². The minimum Gasteiger partial charge on any atom is -0.355 e.